The zero-order chi connectivity index (χ0) is 14.2. The molecule has 1 N–H and O–H groups in total. The molecular weight excluding hydrogens is 280 g/mol. The molecule has 2 aliphatic rings. The predicted octanol–water partition coefficient (Wildman–Crippen LogP) is 1.32. The van der Waals surface area contributed by atoms with Crippen molar-refractivity contribution in [3.63, 3.8) is 0 Å². The van der Waals surface area contributed by atoms with E-state index in [1.54, 1.807) is 18.2 Å². The van der Waals surface area contributed by atoms with Crippen LogP contribution in [0.3, 0.4) is 0 Å². The third kappa shape index (κ3) is 2.76. The molecule has 1 fully saturated rings. The average Bonchev–Trinajstić information content (AvgIpc) is 2.65. The molecule has 5 nitrogen and oxygen atoms in total. The molecule has 1 saturated heterocycles. The summed E-state index contributed by atoms with van der Waals surface area (Å²) in [6.45, 7) is 1.21. The van der Waals surface area contributed by atoms with Gasteiger partial charge in [0.2, 0.25) is 0 Å². The van der Waals surface area contributed by atoms with Crippen LogP contribution in [0.15, 0.2) is 18.2 Å². The minimum Gasteiger partial charge on any atom is -0.490 e. The van der Waals surface area contributed by atoms with E-state index in [4.69, 9.17) is 9.47 Å². The standard InChI is InChI=1S/C14H18O5S/c15-14(11-4-7-20(16,17)9-11)10-2-3-12-13(8-10)19-6-1-5-18-12/h2-3,8,11,14-15H,1,4-7,9H2. The van der Waals surface area contributed by atoms with Crippen LogP contribution < -0.4 is 9.47 Å². The Balaban J connectivity index is 1.82. The Bertz CT molecular complexity index is 596. The molecule has 2 atom stereocenters. The Morgan fingerprint density at radius 3 is 2.65 bits per heavy atom. The van der Waals surface area contributed by atoms with E-state index in [0.29, 0.717) is 36.7 Å². The van der Waals surface area contributed by atoms with Crippen molar-refractivity contribution in [2.45, 2.75) is 18.9 Å². The first-order valence-corrected chi connectivity index (χ1v) is 8.65. The van der Waals surface area contributed by atoms with Gasteiger partial charge in [0.15, 0.2) is 21.3 Å². The van der Waals surface area contributed by atoms with Crippen LogP contribution in [0.4, 0.5) is 0 Å². The molecule has 2 heterocycles. The van der Waals surface area contributed by atoms with Gasteiger partial charge < -0.3 is 14.6 Å². The molecular formula is C14H18O5S. The number of fused-ring (bicyclic) bond motifs is 1. The highest BCUT2D eigenvalue weighted by atomic mass is 32.2. The van der Waals surface area contributed by atoms with Gasteiger partial charge in [-0.1, -0.05) is 6.07 Å². The lowest BCUT2D eigenvalue weighted by Crippen LogP contribution is -2.14. The highest BCUT2D eigenvalue weighted by Gasteiger charge is 2.33. The minimum atomic E-state index is -2.99. The van der Waals surface area contributed by atoms with Crippen LogP contribution in [0.1, 0.15) is 24.5 Å². The fraction of sp³-hybridized carbons (Fsp3) is 0.571. The van der Waals surface area contributed by atoms with Crippen molar-refractivity contribution >= 4 is 9.84 Å². The number of aliphatic hydroxyl groups is 1. The van der Waals surface area contributed by atoms with Gasteiger partial charge in [0.25, 0.3) is 0 Å². The summed E-state index contributed by atoms with van der Waals surface area (Å²) < 4.78 is 34.1. The van der Waals surface area contributed by atoms with Gasteiger partial charge >= 0.3 is 0 Å². The largest absolute Gasteiger partial charge is 0.490 e. The fourth-order valence-electron chi connectivity index (χ4n) is 2.71. The van der Waals surface area contributed by atoms with E-state index in [0.717, 1.165) is 6.42 Å². The summed E-state index contributed by atoms with van der Waals surface area (Å²) >= 11 is 0. The number of hydrogen-bond donors (Lipinski definition) is 1. The second-order valence-electron chi connectivity index (χ2n) is 5.36. The molecule has 0 radical (unpaired) electrons. The van der Waals surface area contributed by atoms with E-state index in [1.807, 2.05) is 0 Å². The van der Waals surface area contributed by atoms with Crippen LogP contribution in [0, 0.1) is 5.92 Å². The molecule has 0 amide bonds. The van der Waals surface area contributed by atoms with Gasteiger partial charge in [-0.2, -0.15) is 0 Å². The van der Waals surface area contributed by atoms with Crippen molar-refractivity contribution in [3.05, 3.63) is 23.8 Å². The van der Waals surface area contributed by atoms with Crippen molar-refractivity contribution in [3.8, 4) is 11.5 Å². The van der Waals surface area contributed by atoms with E-state index in [-0.39, 0.29) is 17.4 Å². The molecule has 0 aromatic heterocycles. The van der Waals surface area contributed by atoms with Crippen LogP contribution >= 0.6 is 0 Å². The predicted molar refractivity (Wildman–Crippen MR) is 73.8 cm³/mol. The first-order valence-electron chi connectivity index (χ1n) is 6.83. The molecule has 6 heteroatoms. The zero-order valence-electron chi connectivity index (χ0n) is 11.1. The Labute approximate surface area is 118 Å². The van der Waals surface area contributed by atoms with E-state index >= 15 is 0 Å². The molecule has 2 unspecified atom stereocenters. The van der Waals surface area contributed by atoms with Crippen LogP contribution in [0.2, 0.25) is 0 Å². The third-order valence-electron chi connectivity index (χ3n) is 3.83. The van der Waals surface area contributed by atoms with Gasteiger partial charge in [-0.3, -0.25) is 0 Å². The van der Waals surface area contributed by atoms with Crippen LogP contribution in [-0.2, 0) is 9.84 Å². The van der Waals surface area contributed by atoms with Gasteiger partial charge in [-0.05, 0) is 24.1 Å². The maximum absolute atomic E-state index is 11.5. The zero-order valence-corrected chi connectivity index (χ0v) is 11.9. The van der Waals surface area contributed by atoms with E-state index < -0.39 is 15.9 Å². The topological polar surface area (TPSA) is 72.8 Å². The average molecular weight is 298 g/mol. The lowest BCUT2D eigenvalue weighted by Gasteiger charge is -2.18. The molecule has 0 bridgehead atoms. The van der Waals surface area contributed by atoms with Gasteiger partial charge in [0.1, 0.15) is 0 Å². The van der Waals surface area contributed by atoms with Crippen LogP contribution in [0.25, 0.3) is 0 Å². The monoisotopic (exact) mass is 298 g/mol. The molecule has 0 spiro atoms. The summed E-state index contributed by atoms with van der Waals surface area (Å²) in [5.41, 5.74) is 0.691. The molecule has 20 heavy (non-hydrogen) atoms. The van der Waals surface area contributed by atoms with E-state index in [1.165, 1.54) is 0 Å². The Kier molecular flexibility index (Phi) is 3.60. The van der Waals surface area contributed by atoms with Gasteiger partial charge in [-0.15, -0.1) is 0 Å². The number of benzene rings is 1. The normalized spacial score (nSPS) is 25.9. The molecule has 2 aliphatic heterocycles. The number of aliphatic hydroxyl groups excluding tert-OH is 1. The SMILES string of the molecule is O=S1(=O)CCC(C(O)c2ccc3c(c2)OCCCO3)C1. The minimum absolute atomic E-state index is 0.0581. The van der Waals surface area contributed by atoms with Crippen molar-refractivity contribution < 1.29 is 23.0 Å². The fourth-order valence-corrected chi connectivity index (χ4v) is 4.54. The highest BCUT2D eigenvalue weighted by molar-refractivity contribution is 7.91. The van der Waals surface area contributed by atoms with Crippen LogP contribution in [0.5, 0.6) is 11.5 Å². The molecule has 1 aromatic carbocycles. The van der Waals surface area contributed by atoms with E-state index in [2.05, 4.69) is 0 Å². The molecule has 1 aromatic rings. The Morgan fingerprint density at radius 2 is 1.95 bits per heavy atom. The summed E-state index contributed by atoms with van der Waals surface area (Å²) in [5, 5.41) is 10.4. The van der Waals surface area contributed by atoms with Gasteiger partial charge in [-0.25, -0.2) is 8.42 Å². The number of sulfone groups is 1. The van der Waals surface area contributed by atoms with Gasteiger partial charge in [0, 0.05) is 12.3 Å². The summed E-state index contributed by atoms with van der Waals surface area (Å²) in [6, 6.07) is 5.32. The third-order valence-corrected chi connectivity index (χ3v) is 5.62. The maximum Gasteiger partial charge on any atom is 0.161 e. The highest BCUT2D eigenvalue weighted by Crippen LogP contribution is 2.36. The second-order valence-corrected chi connectivity index (χ2v) is 7.59. The van der Waals surface area contributed by atoms with Crippen molar-refractivity contribution in [1.82, 2.24) is 0 Å². The Morgan fingerprint density at radius 1 is 1.20 bits per heavy atom. The number of rotatable bonds is 2. The number of ether oxygens (including phenoxy) is 2. The maximum atomic E-state index is 11.5. The second kappa shape index (κ2) is 5.26. The van der Waals surface area contributed by atoms with Gasteiger partial charge in [0.05, 0.1) is 30.8 Å². The molecule has 0 aliphatic carbocycles. The quantitative estimate of drug-likeness (QED) is 0.891. The lowest BCUT2D eigenvalue weighted by atomic mass is 9.95. The smallest absolute Gasteiger partial charge is 0.161 e. The summed E-state index contributed by atoms with van der Waals surface area (Å²) in [6.07, 6.45) is 0.565. The summed E-state index contributed by atoms with van der Waals surface area (Å²) in [5.74, 6) is 1.30. The van der Waals surface area contributed by atoms with Crippen molar-refractivity contribution in [2.24, 2.45) is 5.92 Å². The summed E-state index contributed by atoms with van der Waals surface area (Å²) in [4.78, 5) is 0. The summed E-state index contributed by atoms with van der Waals surface area (Å²) in [7, 11) is -2.99. The van der Waals surface area contributed by atoms with Crippen molar-refractivity contribution in [1.29, 1.82) is 0 Å². The lowest BCUT2D eigenvalue weighted by molar-refractivity contribution is 0.120. The van der Waals surface area contributed by atoms with Crippen LogP contribution in [-0.4, -0.2) is 38.2 Å². The molecule has 0 saturated carbocycles. The first-order chi connectivity index (χ1) is 9.55. The molecule has 110 valence electrons. The molecule has 3 rings (SSSR count). The van der Waals surface area contributed by atoms with E-state index in [9.17, 15) is 13.5 Å². The Hall–Kier alpha value is -1.27. The number of hydrogen-bond acceptors (Lipinski definition) is 5. The van der Waals surface area contributed by atoms with Crippen molar-refractivity contribution in [2.75, 3.05) is 24.7 Å². The first kappa shape index (κ1) is 13.7.